The Bertz CT molecular complexity index is 678. The Morgan fingerprint density at radius 1 is 1.12 bits per heavy atom. The van der Waals surface area contributed by atoms with Crippen LogP contribution in [0.2, 0.25) is 0 Å². The third-order valence-corrected chi connectivity index (χ3v) is 4.95. The van der Waals surface area contributed by atoms with E-state index < -0.39 is 11.6 Å². The second-order valence-electron chi connectivity index (χ2n) is 5.60. The van der Waals surface area contributed by atoms with Crippen LogP contribution in [0.5, 0.6) is 0 Å². The van der Waals surface area contributed by atoms with Crippen molar-refractivity contribution in [2.45, 2.75) is 36.3 Å². The van der Waals surface area contributed by atoms with E-state index in [0.717, 1.165) is 18.6 Å². The fourth-order valence-electron chi connectivity index (χ4n) is 2.40. The van der Waals surface area contributed by atoms with Crippen molar-refractivity contribution in [1.29, 1.82) is 0 Å². The highest BCUT2D eigenvalue weighted by Crippen LogP contribution is 2.25. The van der Waals surface area contributed by atoms with Crippen molar-refractivity contribution >= 4 is 17.7 Å². The summed E-state index contributed by atoms with van der Waals surface area (Å²) in [6.07, 6.45) is 0.926. The summed E-state index contributed by atoms with van der Waals surface area (Å²) in [6.45, 7) is 4.40. The van der Waals surface area contributed by atoms with Gasteiger partial charge in [-0.05, 0) is 37.1 Å². The summed E-state index contributed by atoms with van der Waals surface area (Å²) in [4.78, 5) is 12.8. The summed E-state index contributed by atoms with van der Waals surface area (Å²) in [5.74, 6) is -1.64. The molecule has 128 valence electrons. The second kappa shape index (κ2) is 8.83. The molecule has 0 unspecified atom stereocenters. The summed E-state index contributed by atoms with van der Waals surface area (Å²) in [6, 6.07) is 13.7. The van der Waals surface area contributed by atoms with Crippen LogP contribution in [0.4, 0.5) is 8.78 Å². The van der Waals surface area contributed by atoms with Crippen molar-refractivity contribution in [3.8, 4) is 0 Å². The lowest BCUT2D eigenvalue weighted by Gasteiger charge is -2.18. The van der Waals surface area contributed by atoms with Crippen LogP contribution in [-0.2, 0) is 4.79 Å². The molecule has 0 radical (unpaired) electrons. The van der Waals surface area contributed by atoms with Gasteiger partial charge in [0.1, 0.15) is 0 Å². The first kappa shape index (κ1) is 18.5. The van der Waals surface area contributed by atoms with Crippen molar-refractivity contribution in [3.05, 3.63) is 65.7 Å². The van der Waals surface area contributed by atoms with Gasteiger partial charge in [-0.15, -0.1) is 11.8 Å². The highest BCUT2D eigenvalue weighted by Gasteiger charge is 2.17. The zero-order valence-corrected chi connectivity index (χ0v) is 14.6. The molecule has 0 bridgehead atoms. The highest BCUT2D eigenvalue weighted by atomic mass is 32.2. The molecule has 24 heavy (non-hydrogen) atoms. The van der Waals surface area contributed by atoms with Gasteiger partial charge < -0.3 is 5.32 Å². The molecule has 2 aromatic rings. The number of nitrogens with one attached hydrogen (secondary N) is 1. The summed E-state index contributed by atoms with van der Waals surface area (Å²) >= 11 is 1.21. The highest BCUT2D eigenvalue weighted by molar-refractivity contribution is 8.00. The Morgan fingerprint density at radius 2 is 1.83 bits per heavy atom. The van der Waals surface area contributed by atoms with Crippen LogP contribution >= 0.6 is 11.8 Å². The fourth-order valence-corrected chi connectivity index (χ4v) is 3.32. The molecule has 0 saturated heterocycles. The number of thioether (sulfide) groups is 1. The average molecular weight is 349 g/mol. The summed E-state index contributed by atoms with van der Waals surface area (Å²) in [5.41, 5.74) is 1.20. The van der Waals surface area contributed by atoms with E-state index in [-0.39, 0.29) is 17.1 Å². The minimum absolute atomic E-state index is 0.112. The molecule has 5 heteroatoms. The first-order valence-electron chi connectivity index (χ1n) is 7.95. The molecular formula is C19H21F2NOS. The van der Waals surface area contributed by atoms with Gasteiger partial charge in [0.2, 0.25) is 5.91 Å². The van der Waals surface area contributed by atoms with Gasteiger partial charge in [0, 0.05) is 17.4 Å². The van der Waals surface area contributed by atoms with Crippen molar-refractivity contribution in [2.75, 3.05) is 6.54 Å². The molecule has 0 saturated carbocycles. The van der Waals surface area contributed by atoms with Gasteiger partial charge in [-0.3, -0.25) is 4.79 Å². The molecule has 0 spiro atoms. The largest absolute Gasteiger partial charge is 0.355 e. The zero-order valence-electron chi connectivity index (χ0n) is 13.8. The molecule has 2 aromatic carbocycles. The molecule has 0 aliphatic carbocycles. The number of carbonyl (C=O) groups excluding carboxylic acids is 1. The Kier molecular flexibility index (Phi) is 6.79. The Balaban J connectivity index is 1.90. The lowest BCUT2D eigenvalue weighted by atomic mass is 9.96. The third kappa shape index (κ3) is 5.06. The lowest BCUT2D eigenvalue weighted by Crippen LogP contribution is -2.34. The van der Waals surface area contributed by atoms with E-state index in [1.165, 1.54) is 23.4 Å². The third-order valence-electron chi connectivity index (χ3n) is 3.86. The molecular weight excluding hydrogens is 328 g/mol. The van der Waals surface area contributed by atoms with Gasteiger partial charge in [0.05, 0.1) is 5.25 Å². The van der Waals surface area contributed by atoms with Crippen LogP contribution in [0.3, 0.4) is 0 Å². The number of amides is 1. The van der Waals surface area contributed by atoms with Crippen LogP contribution in [0, 0.1) is 11.6 Å². The molecule has 0 aromatic heterocycles. The standard InChI is InChI=1S/C19H21F2NOS/c1-3-14(15-7-5-4-6-8-15)12-22-19(23)13(2)24-16-9-10-17(20)18(21)11-16/h4-11,13-14H,3,12H2,1-2H3,(H,22,23)/t13-,14-/m0/s1. The van der Waals surface area contributed by atoms with Crippen molar-refractivity contribution in [2.24, 2.45) is 0 Å². The topological polar surface area (TPSA) is 29.1 Å². The molecule has 0 aliphatic rings. The van der Waals surface area contributed by atoms with Gasteiger partial charge in [-0.25, -0.2) is 8.78 Å². The summed E-state index contributed by atoms with van der Waals surface area (Å²) < 4.78 is 26.2. The molecule has 0 heterocycles. The number of hydrogen-bond acceptors (Lipinski definition) is 2. The van der Waals surface area contributed by atoms with Crippen molar-refractivity contribution in [1.82, 2.24) is 5.32 Å². The van der Waals surface area contributed by atoms with Gasteiger partial charge in [0.25, 0.3) is 0 Å². The second-order valence-corrected chi connectivity index (χ2v) is 7.01. The van der Waals surface area contributed by atoms with Gasteiger partial charge in [-0.2, -0.15) is 0 Å². The first-order valence-corrected chi connectivity index (χ1v) is 8.83. The van der Waals surface area contributed by atoms with E-state index in [1.807, 2.05) is 18.2 Å². The number of carbonyl (C=O) groups is 1. The average Bonchev–Trinajstić information content (AvgIpc) is 2.59. The molecule has 1 N–H and O–H groups in total. The van der Waals surface area contributed by atoms with Crippen molar-refractivity contribution in [3.63, 3.8) is 0 Å². The van der Waals surface area contributed by atoms with Crippen LogP contribution < -0.4 is 5.32 Å². The lowest BCUT2D eigenvalue weighted by molar-refractivity contribution is -0.120. The Morgan fingerprint density at radius 3 is 2.46 bits per heavy atom. The van der Waals surface area contributed by atoms with E-state index in [4.69, 9.17) is 0 Å². The molecule has 1 amide bonds. The van der Waals surface area contributed by atoms with Crippen LogP contribution in [0.1, 0.15) is 31.7 Å². The molecule has 2 nitrogen and oxygen atoms in total. The van der Waals surface area contributed by atoms with Crippen LogP contribution in [0.15, 0.2) is 53.4 Å². The molecule has 0 aliphatic heterocycles. The quantitative estimate of drug-likeness (QED) is 0.731. The SMILES string of the molecule is CC[C@@H](CNC(=O)[C@H](C)Sc1ccc(F)c(F)c1)c1ccccc1. The maximum Gasteiger partial charge on any atom is 0.233 e. The number of hydrogen-bond donors (Lipinski definition) is 1. The molecule has 2 atom stereocenters. The Hall–Kier alpha value is -1.88. The predicted octanol–water partition coefficient (Wildman–Crippen LogP) is 4.76. The van der Waals surface area contributed by atoms with Gasteiger partial charge >= 0.3 is 0 Å². The van der Waals surface area contributed by atoms with Gasteiger partial charge in [-0.1, -0.05) is 37.3 Å². The molecule has 2 rings (SSSR count). The minimum atomic E-state index is -0.900. The smallest absolute Gasteiger partial charge is 0.233 e. The van der Waals surface area contributed by atoms with E-state index in [9.17, 15) is 13.6 Å². The van der Waals surface area contributed by atoms with Gasteiger partial charge in [0.15, 0.2) is 11.6 Å². The summed E-state index contributed by atoms with van der Waals surface area (Å²) in [5, 5.41) is 2.56. The predicted molar refractivity (Wildman–Crippen MR) is 94.2 cm³/mol. The Labute approximate surface area is 145 Å². The van der Waals surface area contributed by atoms with E-state index in [2.05, 4.69) is 24.4 Å². The normalized spacial score (nSPS) is 13.3. The van der Waals surface area contributed by atoms with Crippen molar-refractivity contribution < 1.29 is 13.6 Å². The zero-order chi connectivity index (χ0) is 17.5. The number of rotatable bonds is 7. The molecule has 0 fully saturated rings. The van der Waals surface area contributed by atoms with E-state index in [1.54, 1.807) is 6.92 Å². The number of benzene rings is 2. The van der Waals surface area contributed by atoms with E-state index >= 15 is 0 Å². The maximum atomic E-state index is 13.2. The maximum absolute atomic E-state index is 13.2. The minimum Gasteiger partial charge on any atom is -0.355 e. The monoisotopic (exact) mass is 349 g/mol. The first-order chi connectivity index (χ1) is 11.5. The van der Waals surface area contributed by atoms with Crippen LogP contribution in [0.25, 0.3) is 0 Å². The van der Waals surface area contributed by atoms with E-state index in [0.29, 0.717) is 11.4 Å². The summed E-state index contributed by atoms with van der Waals surface area (Å²) in [7, 11) is 0. The number of halogens is 2. The van der Waals surface area contributed by atoms with Crippen LogP contribution in [-0.4, -0.2) is 17.7 Å². The fraction of sp³-hybridized carbons (Fsp3) is 0.316.